The van der Waals surface area contributed by atoms with E-state index in [1.165, 1.54) is 19.3 Å². The summed E-state index contributed by atoms with van der Waals surface area (Å²) in [5.41, 5.74) is 0. The smallest absolute Gasteiger partial charge is 0.0664 e. The fourth-order valence-electron chi connectivity index (χ4n) is 2.68. The maximum Gasteiger partial charge on any atom is 0.105 e. The lowest BCUT2D eigenvalue weighted by Crippen LogP contribution is -2.23. The van der Waals surface area contributed by atoms with Crippen molar-refractivity contribution in [1.29, 1.82) is 0 Å². The average Bonchev–Trinajstić information content (AvgIpc) is 1.85. The summed E-state index contributed by atoms with van der Waals surface area (Å²) in [6.45, 7) is 7.14. The van der Waals surface area contributed by atoms with Gasteiger partial charge in [-0.2, -0.15) is 0 Å². The van der Waals surface area contributed by atoms with Gasteiger partial charge in [-0.05, 0) is 17.8 Å². The van der Waals surface area contributed by atoms with Crippen LogP contribution in [0.4, 0.5) is 0 Å². The highest BCUT2D eigenvalue weighted by Gasteiger charge is 2.26. The molecule has 1 fully saturated rings. The molecule has 11 heavy (non-hydrogen) atoms. The molecule has 64 valence electrons. The summed E-state index contributed by atoms with van der Waals surface area (Å²) in [5, 5.41) is 0. The third-order valence-corrected chi connectivity index (χ3v) is 3.35. The Morgan fingerprint density at radius 1 is 1.27 bits per heavy atom. The molecular weight excluding hydrogens is 131 g/mol. The molecule has 3 unspecified atom stereocenters. The van der Waals surface area contributed by atoms with Gasteiger partial charge >= 0.3 is 0 Å². The van der Waals surface area contributed by atoms with Crippen LogP contribution in [0.25, 0.3) is 0 Å². The fraction of sp³-hybridized carbons (Fsp3) is 1.00. The van der Waals surface area contributed by atoms with E-state index in [9.17, 15) is 0 Å². The Bertz CT molecular complexity index is 120. The molecule has 1 aliphatic carbocycles. The van der Waals surface area contributed by atoms with Gasteiger partial charge in [0.05, 0.1) is 0 Å². The van der Waals surface area contributed by atoms with Crippen molar-refractivity contribution in [3.63, 3.8) is 0 Å². The van der Waals surface area contributed by atoms with Crippen LogP contribution in [0.5, 0.6) is 0 Å². The molecular formula is C10H21B. The first-order valence-electron chi connectivity index (χ1n) is 5.11. The summed E-state index contributed by atoms with van der Waals surface area (Å²) < 4.78 is 0. The predicted molar refractivity (Wildman–Crippen MR) is 53.6 cm³/mol. The molecule has 0 radical (unpaired) electrons. The quantitative estimate of drug-likeness (QED) is 0.506. The van der Waals surface area contributed by atoms with E-state index in [4.69, 9.17) is 0 Å². The third-order valence-electron chi connectivity index (χ3n) is 3.35. The van der Waals surface area contributed by atoms with Gasteiger partial charge in [-0.25, -0.2) is 0 Å². The first kappa shape index (κ1) is 9.16. The number of hydrogen-bond acceptors (Lipinski definition) is 0. The van der Waals surface area contributed by atoms with E-state index in [1.807, 2.05) is 0 Å². The highest BCUT2D eigenvalue weighted by Crippen LogP contribution is 2.39. The second-order valence-corrected chi connectivity index (χ2v) is 4.80. The summed E-state index contributed by atoms with van der Waals surface area (Å²) in [6, 6.07) is 0. The second kappa shape index (κ2) is 3.64. The summed E-state index contributed by atoms with van der Waals surface area (Å²) in [6.07, 6.45) is 4.40. The lowest BCUT2D eigenvalue weighted by molar-refractivity contribution is 0.236. The standard InChI is InChI=1S/C10H21B/c1-7(2)9-5-4-8(3)6-10(9)11/h7-10H,4-6,11H2,1-3H3. The molecule has 0 spiro atoms. The Balaban J connectivity index is 2.44. The first-order chi connectivity index (χ1) is 5.11. The maximum absolute atomic E-state index is 2.43. The lowest BCUT2D eigenvalue weighted by Gasteiger charge is -2.35. The van der Waals surface area contributed by atoms with Gasteiger partial charge in [-0.3, -0.25) is 0 Å². The van der Waals surface area contributed by atoms with Gasteiger partial charge in [0.25, 0.3) is 0 Å². The van der Waals surface area contributed by atoms with Gasteiger partial charge in [-0.1, -0.05) is 45.9 Å². The van der Waals surface area contributed by atoms with E-state index in [0.29, 0.717) is 0 Å². The van der Waals surface area contributed by atoms with Gasteiger partial charge in [0.1, 0.15) is 7.85 Å². The van der Waals surface area contributed by atoms with Crippen LogP contribution in [0.15, 0.2) is 0 Å². The largest absolute Gasteiger partial charge is 0.105 e. The molecule has 1 saturated carbocycles. The van der Waals surface area contributed by atoms with Crippen molar-refractivity contribution >= 4 is 7.85 Å². The van der Waals surface area contributed by atoms with E-state index < -0.39 is 0 Å². The van der Waals surface area contributed by atoms with Crippen LogP contribution >= 0.6 is 0 Å². The Morgan fingerprint density at radius 3 is 2.36 bits per heavy atom. The van der Waals surface area contributed by atoms with E-state index in [1.54, 1.807) is 0 Å². The first-order valence-corrected chi connectivity index (χ1v) is 5.11. The van der Waals surface area contributed by atoms with Gasteiger partial charge in [0.15, 0.2) is 0 Å². The minimum atomic E-state index is 0.900. The summed E-state index contributed by atoms with van der Waals surface area (Å²) in [7, 11) is 2.43. The highest BCUT2D eigenvalue weighted by atomic mass is 14.3. The molecule has 0 amide bonds. The van der Waals surface area contributed by atoms with Crippen molar-refractivity contribution < 1.29 is 0 Å². The van der Waals surface area contributed by atoms with Gasteiger partial charge in [-0.15, -0.1) is 0 Å². The van der Waals surface area contributed by atoms with Gasteiger partial charge < -0.3 is 0 Å². The molecule has 1 rings (SSSR count). The summed E-state index contributed by atoms with van der Waals surface area (Å²) in [5.74, 6) is 3.86. The molecule has 0 aromatic heterocycles. The van der Waals surface area contributed by atoms with Crippen LogP contribution in [-0.4, -0.2) is 7.85 Å². The van der Waals surface area contributed by atoms with Crippen LogP contribution in [0.1, 0.15) is 40.0 Å². The molecule has 0 aliphatic heterocycles. The zero-order valence-electron chi connectivity index (χ0n) is 8.43. The highest BCUT2D eigenvalue weighted by molar-refractivity contribution is 6.11. The Morgan fingerprint density at radius 2 is 1.91 bits per heavy atom. The lowest BCUT2D eigenvalue weighted by atomic mass is 9.62. The van der Waals surface area contributed by atoms with Crippen LogP contribution in [0.3, 0.4) is 0 Å². The van der Waals surface area contributed by atoms with Crippen LogP contribution < -0.4 is 0 Å². The molecule has 3 atom stereocenters. The molecule has 0 saturated heterocycles. The fourth-order valence-corrected chi connectivity index (χ4v) is 2.68. The number of rotatable bonds is 1. The van der Waals surface area contributed by atoms with Crippen molar-refractivity contribution in [3.05, 3.63) is 0 Å². The van der Waals surface area contributed by atoms with Crippen LogP contribution in [-0.2, 0) is 0 Å². The summed E-state index contributed by atoms with van der Waals surface area (Å²) >= 11 is 0. The molecule has 0 nitrogen and oxygen atoms in total. The van der Waals surface area contributed by atoms with Gasteiger partial charge in [0, 0.05) is 0 Å². The van der Waals surface area contributed by atoms with Crippen LogP contribution in [0.2, 0.25) is 5.82 Å². The van der Waals surface area contributed by atoms with Crippen molar-refractivity contribution in [2.75, 3.05) is 0 Å². The van der Waals surface area contributed by atoms with E-state index >= 15 is 0 Å². The van der Waals surface area contributed by atoms with E-state index in [0.717, 1.165) is 23.6 Å². The zero-order valence-corrected chi connectivity index (χ0v) is 8.43. The average molecular weight is 152 g/mol. The number of hydrogen-bond donors (Lipinski definition) is 0. The maximum atomic E-state index is 2.43. The molecule has 0 aromatic carbocycles. The van der Waals surface area contributed by atoms with E-state index in [-0.39, 0.29) is 0 Å². The van der Waals surface area contributed by atoms with Crippen molar-refractivity contribution in [2.24, 2.45) is 17.8 Å². The second-order valence-electron chi connectivity index (χ2n) is 4.80. The van der Waals surface area contributed by atoms with Crippen molar-refractivity contribution in [2.45, 2.75) is 45.9 Å². The molecule has 0 aromatic rings. The van der Waals surface area contributed by atoms with Crippen molar-refractivity contribution in [1.82, 2.24) is 0 Å². The zero-order chi connectivity index (χ0) is 8.43. The Kier molecular flexibility index (Phi) is 3.03. The normalized spacial score (nSPS) is 39.5. The minimum absolute atomic E-state index is 0.900. The Labute approximate surface area is 72.2 Å². The molecule has 1 aliphatic rings. The third kappa shape index (κ3) is 2.25. The van der Waals surface area contributed by atoms with Gasteiger partial charge in [0.2, 0.25) is 0 Å². The SMILES string of the molecule is BC1CC(C)CCC1C(C)C. The monoisotopic (exact) mass is 152 g/mol. The minimum Gasteiger partial charge on any atom is -0.0664 e. The topological polar surface area (TPSA) is 0 Å². The molecule has 0 N–H and O–H groups in total. The Hall–Kier alpha value is 0.0649. The van der Waals surface area contributed by atoms with Crippen LogP contribution in [0, 0.1) is 17.8 Å². The summed E-state index contributed by atoms with van der Waals surface area (Å²) in [4.78, 5) is 0. The molecule has 1 heteroatoms. The molecule has 0 heterocycles. The van der Waals surface area contributed by atoms with Crippen molar-refractivity contribution in [3.8, 4) is 0 Å². The van der Waals surface area contributed by atoms with E-state index in [2.05, 4.69) is 28.6 Å². The predicted octanol–water partition coefficient (Wildman–Crippen LogP) is 2.50. The molecule has 0 bridgehead atoms.